The fraction of sp³-hybridized carbons (Fsp3) is 0.909. The van der Waals surface area contributed by atoms with E-state index < -0.39 is 0 Å². The first kappa shape index (κ1) is 14.1. The van der Waals surface area contributed by atoms with Crippen LogP contribution in [0.5, 0.6) is 0 Å². The largest absolute Gasteiger partial charge is 0.383 e. The summed E-state index contributed by atoms with van der Waals surface area (Å²) in [6.45, 7) is 5.99. The molecule has 1 rings (SSSR count). The number of nitrogens with one attached hydrogen (secondary N) is 2. The SMILES string of the molecule is COCC(C)NC(=S)NCC1(C)CCCS1. The minimum Gasteiger partial charge on any atom is -0.383 e. The highest BCUT2D eigenvalue weighted by Gasteiger charge is 2.29. The summed E-state index contributed by atoms with van der Waals surface area (Å²) >= 11 is 7.28. The van der Waals surface area contributed by atoms with Gasteiger partial charge in [-0.2, -0.15) is 11.8 Å². The Morgan fingerprint density at radius 3 is 2.94 bits per heavy atom. The van der Waals surface area contributed by atoms with Gasteiger partial charge in [0.1, 0.15) is 0 Å². The van der Waals surface area contributed by atoms with Crippen molar-refractivity contribution in [2.45, 2.75) is 37.5 Å². The quantitative estimate of drug-likeness (QED) is 0.738. The Hall–Kier alpha value is 0. The molecule has 1 aliphatic heterocycles. The van der Waals surface area contributed by atoms with Gasteiger partial charge in [-0.3, -0.25) is 0 Å². The van der Waals surface area contributed by atoms with Gasteiger partial charge in [0.2, 0.25) is 0 Å². The van der Waals surface area contributed by atoms with E-state index in [1.165, 1.54) is 18.6 Å². The van der Waals surface area contributed by atoms with Gasteiger partial charge >= 0.3 is 0 Å². The molecule has 0 saturated carbocycles. The maximum atomic E-state index is 5.24. The van der Waals surface area contributed by atoms with Crippen LogP contribution in [0, 0.1) is 0 Å². The van der Waals surface area contributed by atoms with Crippen molar-refractivity contribution < 1.29 is 4.74 Å². The number of ether oxygens (including phenoxy) is 1. The zero-order chi connectivity index (χ0) is 12.0. The Morgan fingerprint density at radius 2 is 2.38 bits per heavy atom. The molecule has 0 amide bonds. The molecule has 2 unspecified atom stereocenters. The van der Waals surface area contributed by atoms with Crippen LogP contribution in [0.25, 0.3) is 0 Å². The van der Waals surface area contributed by atoms with Crippen LogP contribution in [-0.4, -0.2) is 41.9 Å². The van der Waals surface area contributed by atoms with Crippen molar-refractivity contribution in [2.75, 3.05) is 26.0 Å². The fourth-order valence-electron chi connectivity index (χ4n) is 1.81. The van der Waals surface area contributed by atoms with Crippen molar-refractivity contribution in [3.8, 4) is 0 Å². The van der Waals surface area contributed by atoms with E-state index in [-0.39, 0.29) is 6.04 Å². The third-order valence-corrected chi connectivity index (χ3v) is 4.52. The van der Waals surface area contributed by atoms with Crippen LogP contribution >= 0.6 is 24.0 Å². The van der Waals surface area contributed by atoms with Crippen LogP contribution in [0.3, 0.4) is 0 Å². The van der Waals surface area contributed by atoms with Gasteiger partial charge in [-0.1, -0.05) is 0 Å². The lowest BCUT2D eigenvalue weighted by Crippen LogP contribution is -2.46. The van der Waals surface area contributed by atoms with Crippen LogP contribution in [0.1, 0.15) is 26.7 Å². The van der Waals surface area contributed by atoms with Gasteiger partial charge in [0.05, 0.1) is 6.61 Å². The average Bonchev–Trinajstić information content (AvgIpc) is 2.63. The highest BCUT2D eigenvalue weighted by atomic mass is 32.2. The summed E-state index contributed by atoms with van der Waals surface area (Å²) in [7, 11) is 1.70. The Labute approximate surface area is 108 Å². The molecule has 0 aromatic rings. The molecule has 2 N–H and O–H groups in total. The number of rotatable bonds is 5. The summed E-state index contributed by atoms with van der Waals surface area (Å²) in [6.07, 6.45) is 2.60. The fourth-order valence-corrected chi connectivity index (χ4v) is 3.33. The molecule has 1 heterocycles. The van der Waals surface area contributed by atoms with Crippen molar-refractivity contribution in [1.29, 1.82) is 0 Å². The highest BCUT2D eigenvalue weighted by molar-refractivity contribution is 8.00. The predicted octanol–water partition coefficient (Wildman–Crippen LogP) is 1.77. The number of thioether (sulfide) groups is 1. The lowest BCUT2D eigenvalue weighted by atomic mass is 10.1. The minimum atomic E-state index is 0.258. The lowest BCUT2D eigenvalue weighted by Gasteiger charge is -2.25. The van der Waals surface area contributed by atoms with E-state index in [4.69, 9.17) is 17.0 Å². The summed E-state index contributed by atoms with van der Waals surface area (Å²) in [6, 6.07) is 0.258. The maximum Gasteiger partial charge on any atom is 0.166 e. The van der Waals surface area contributed by atoms with E-state index in [9.17, 15) is 0 Å². The number of hydrogen-bond donors (Lipinski definition) is 2. The summed E-state index contributed by atoms with van der Waals surface area (Å²) in [4.78, 5) is 0. The second-order valence-electron chi connectivity index (χ2n) is 4.59. The van der Waals surface area contributed by atoms with Crippen LogP contribution < -0.4 is 10.6 Å². The van der Waals surface area contributed by atoms with E-state index in [0.29, 0.717) is 11.4 Å². The topological polar surface area (TPSA) is 33.3 Å². The molecule has 0 aromatic heterocycles. The van der Waals surface area contributed by atoms with Crippen molar-refractivity contribution >= 4 is 29.1 Å². The Kier molecular flexibility index (Phi) is 5.86. The molecule has 0 aromatic carbocycles. The maximum absolute atomic E-state index is 5.24. The molecule has 1 saturated heterocycles. The first-order valence-electron chi connectivity index (χ1n) is 5.73. The third kappa shape index (κ3) is 4.89. The second kappa shape index (κ2) is 6.67. The van der Waals surface area contributed by atoms with Gasteiger partial charge < -0.3 is 15.4 Å². The van der Waals surface area contributed by atoms with Crippen LogP contribution in [0.2, 0.25) is 0 Å². The predicted molar refractivity (Wildman–Crippen MR) is 75.2 cm³/mol. The molecule has 0 bridgehead atoms. The average molecular weight is 262 g/mol. The van der Waals surface area contributed by atoms with Gasteiger partial charge in [0, 0.05) is 24.4 Å². The highest BCUT2D eigenvalue weighted by Crippen LogP contribution is 2.36. The van der Waals surface area contributed by atoms with Gasteiger partial charge in [-0.15, -0.1) is 0 Å². The molecule has 0 spiro atoms. The zero-order valence-corrected chi connectivity index (χ0v) is 12.0. The Morgan fingerprint density at radius 1 is 1.62 bits per heavy atom. The molecule has 0 radical (unpaired) electrons. The smallest absolute Gasteiger partial charge is 0.166 e. The van der Waals surface area contributed by atoms with E-state index in [1.807, 2.05) is 11.8 Å². The third-order valence-electron chi connectivity index (χ3n) is 2.72. The Balaban J connectivity index is 2.19. The molecular formula is C11H22N2OS2. The van der Waals surface area contributed by atoms with Crippen molar-refractivity contribution in [1.82, 2.24) is 10.6 Å². The second-order valence-corrected chi connectivity index (χ2v) is 6.68. The van der Waals surface area contributed by atoms with Crippen LogP contribution in [-0.2, 0) is 4.74 Å². The number of hydrogen-bond acceptors (Lipinski definition) is 3. The molecule has 94 valence electrons. The molecule has 1 aliphatic rings. The summed E-state index contributed by atoms with van der Waals surface area (Å²) in [5.41, 5.74) is 0. The van der Waals surface area contributed by atoms with Crippen LogP contribution in [0.15, 0.2) is 0 Å². The van der Waals surface area contributed by atoms with Gasteiger partial charge in [-0.05, 0) is 44.7 Å². The van der Waals surface area contributed by atoms with E-state index in [0.717, 1.165) is 11.7 Å². The first-order chi connectivity index (χ1) is 7.56. The number of thiocarbonyl (C=S) groups is 1. The molecule has 16 heavy (non-hydrogen) atoms. The summed E-state index contributed by atoms with van der Waals surface area (Å²) in [5.74, 6) is 1.28. The molecule has 2 atom stereocenters. The monoisotopic (exact) mass is 262 g/mol. The Bertz CT molecular complexity index is 230. The minimum absolute atomic E-state index is 0.258. The van der Waals surface area contributed by atoms with Gasteiger partial charge in [0.15, 0.2) is 5.11 Å². The first-order valence-corrected chi connectivity index (χ1v) is 7.12. The van der Waals surface area contributed by atoms with Crippen molar-refractivity contribution in [3.05, 3.63) is 0 Å². The molecular weight excluding hydrogens is 240 g/mol. The molecule has 1 fully saturated rings. The van der Waals surface area contributed by atoms with Crippen molar-refractivity contribution in [2.24, 2.45) is 0 Å². The van der Waals surface area contributed by atoms with E-state index in [2.05, 4.69) is 24.5 Å². The summed E-state index contributed by atoms with van der Waals surface area (Å²) < 4.78 is 5.41. The molecule has 3 nitrogen and oxygen atoms in total. The van der Waals surface area contributed by atoms with E-state index >= 15 is 0 Å². The molecule has 0 aliphatic carbocycles. The standard InChI is InChI=1S/C11H22N2OS2/c1-9(7-14-3)13-10(15)12-8-11(2)5-4-6-16-11/h9H,4-8H2,1-3H3,(H2,12,13,15). The normalized spacial score (nSPS) is 26.4. The molecule has 5 heteroatoms. The van der Waals surface area contributed by atoms with Gasteiger partial charge in [0.25, 0.3) is 0 Å². The summed E-state index contributed by atoms with van der Waals surface area (Å²) in [5, 5.41) is 7.24. The lowest BCUT2D eigenvalue weighted by molar-refractivity contribution is 0.179. The zero-order valence-electron chi connectivity index (χ0n) is 10.3. The van der Waals surface area contributed by atoms with Gasteiger partial charge in [-0.25, -0.2) is 0 Å². The van der Waals surface area contributed by atoms with Crippen LogP contribution in [0.4, 0.5) is 0 Å². The van der Waals surface area contributed by atoms with E-state index in [1.54, 1.807) is 7.11 Å². The van der Waals surface area contributed by atoms with Crippen molar-refractivity contribution in [3.63, 3.8) is 0 Å². The number of methoxy groups -OCH3 is 1.